The second kappa shape index (κ2) is 6.59. The summed E-state index contributed by atoms with van der Waals surface area (Å²) in [5.41, 5.74) is 3.85. The molecule has 110 valence electrons. The van der Waals surface area contributed by atoms with Crippen molar-refractivity contribution in [3.63, 3.8) is 0 Å². The molecule has 2 N–H and O–H groups in total. The molecule has 0 radical (unpaired) electrons. The second-order valence-electron chi connectivity index (χ2n) is 5.33. The zero-order chi connectivity index (χ0) is 14.5. The molecule has 0 spiro atoms. The third-order valence-electron chi connectivity index (χ3n) is 3.79. The number of para-hydroxylation sites is 1. The number of aromatic amines is 1. The molecule has 0 bridgehead atoms. The first-order valence-corrected chi connectivity index (χ1v) is 7.65. The molecule has 2 heterocycles. The van der Waals surface area contributed by atoms with Gasteiger partial charge in [0.2, 0.25) is 0 Å². The van der Waals surface area contributed by atoms with Crippen LogP contribution in [0.25, 0.3) is 10.9 Å². The summed E-state index contributed by atoms with van der Waals surface area (Å²) < 4.78 is 2.08. The summed E-state index contributed by atoms with van der Waals surface area (Å²) in [5, 5.41) is 9.19. The predicted molar refractivity (Wildman–Crippen MR) is 86.2 cm³/mol. The van der Waals surface area contributed by atoms with Crippen molar-refractivity contribution in [2.24, 2.45) is 0 Å². The van der Waals surface area contributed by atoms with E-state index in [0.29, 0.717) is 0 Å². The first-order chi connectivity index (χ1) is 10.4. The molecule has 3 rings (SSSR count). The average Bonchev–Trinajstić information content (AvgIpc) is 3.11. The summed E-state index contributed by atoms with van der Waals surface area (Å²) in [4.78, 5) is 3.33. The number of H-pyrrole nitrogens is 1. The summed E-state index contributed by atoms with van der Waals surface area (Å²) in [7, 11) is 0. The third kappa shape index (κ3) is 3.16. The molecule has 21 heavy (non-hydrogen) atoms. The number of aromatic nitrogens is 3. The maximum absolute atomic E-state index is 4.35. The monoisotopic (exact) mass is 282 g/mol. The molecule has 0 saturated carbocycles. The molecule has 0 amide bonds. The van der Waals surface area contributed by atoms with Gasteiger partial charge in [-0.2, -0.15) is 5.10 Å². The summed E-state index contributed by atoms with van der Waals surface area (Å²) in [5.74, 6) is 0. The second-order valence-corrected chi connectivity index (χ2v) is 5.33. The van der Waals surface area contributed by atoms with Crippen molar-refractivity contribution in [3.8, 4) is 0 Å². The predicted octanol–water partition coefficient (Wildman–Crippen LogP) is 3.11. The van der Waals surface area contributed by atoms with E-state index in [2.05, 4.69) is 63.5 Å². The van der Waals surface area contributed by atoms with Gasteiger partial charge in [-0.25, -0.2) is 0 Å². The molecule has 3 aromatic rings. The van der Waals surface area contributed by atoms with Crippen molar-refractivity contribution in [1.29, 1.82) is 0 Å². The van der Waals surface area contributed by atoms with Crippen molar-refractivity contribution < 1.29 is 0 Å². The number of hydrogen-bond donors (Lipinski definition) is 2. The van der Waals surface area contributed by atoms with Crippen molar-refractivity contribution in [2.45, 2.75) is 32.9 Å². The van der Waals surface area contributed by atoms with Crippen LogP contribution in [0.2, 0.25) is 0 Å². The Bertz CT molecular complexity index is 695. The Balaban J connectivity index is 1.53. The van der Waals surface area contributed by atoms with Gasteiger partial charge in [-0.3, -0.25) is 4.68 Å². The normalized spacial score (nSPS) is 11.3. The van der Waals surface area contributed by atoms with Crippen LogP contribution in [0.3, 0.4) is 0 Å². The number of nitrogens with zero attached hydrogens (tertiary/aromatic N) is 2. The van der Waals surface area contributed by atoms with Crippen LogP contribution >= 0.6 is 0 Å². The smallest absolute Gasteiger partial charge is 0.0522 e. The summed E-state index contributed by atoms with van der Waals surface area (Å²) in [6, 6.07) is 10.5. The number of fused-ring (bicyclic) bond motifs is 1. The highest BCUT2D eigenvalue weighted by atomic mass is 15.3. The Morgan fingerprint density at radius 1 is 1.24 bits per heavy atom. The van der Waals surface area contributed by atoms with Crippen molar-refractivity contribution in [1.82, 2.24) is 20.1 Å². The average molecular weight is 282 g/mol. The molecule has 0 aliphatic carbocycles. The standard InChI is InChI=1S/C17H22N4/c1-2-11-21-15(8-10-20-21)13-18-9-7-14-12-19-17-6-4-3-5-16(14)17/h3-6,8,10,12,18-19H,2,7,9,11,13H2,1H3. The first kappa shape index (κ1) is 13.9. The Labute approximate surface area is 125 Å². The van der Waals surface area contributed by atoms with Crippen LogP contribution in [-0.2, 0) is 19.5 Å². The molecular weight excluding hydrogens is 260 g/mol. The fraction of sp³-hybridized carbons (Fsp3) is 0.353. The maximum Gasteiger partial charge on any atom is 0.0522 e. The van der Waals surface area contributed by atoms with E-state index in [-0.39, 0.29) is 0 Å². The zero-order valence-electron chi connectivity index (χ0n) is 12.5. The van der Waals surface area contributed by atoms with Crippen LogP contribution in [-0.4, -0.2) is 21.3 Å². The highest BCUT2D eigenvalue weighted by molar-refractivity contribution is 5.83. The molecule has 0 unspecified atom stereocenters. The van der Waals surface area contributed by atoms with E-state index >= 15 is 0 Å². The van der Waals surface area contributed by atoms with Gasteiger partial charge >= 0.3 is 0 Å². The Hall–Kier alpha value is -2.07. The summed E-state index contributed by atoms with van der Waals surface area (Å²) in [6.45, 7) is 5.02. The molecule has 0 saturated heterocycles. The van der Waals surface area contributed by atoms with Crippen LogP contribution in [0, 0.1) is 0 Å². The fourth-order valence-electron chi connectivity index (χ4n) is 2.70. The van der Waals surface area contributed by atoms with E-state index in [1.807, 2.05) is 6.20 Å². The highest BCUT2D eigenvalue weighted by Crippen LogP contribution is 2.17. The largest absolute Gasteiger partial charge is 0.361 e. The van der Waals surface area contributed by atoms with Gasteiger partial charge in [-0.1, -0.05) is 25.1 Å². The van der Waals surface area contributed by atoms with E-state index in [9.17, 15) is 0 Å². The quantitative estimate of drug-likeness (QED) is 0.654. The first-order valence-electron chi connectivity index (χ1n) is 7.65. The molecule has 1 aromatic carbocycles. The zero-order valence-corrected chi connectivity index (χ0v) is 12.5. The van der Waals surface area contributed by atoms with Crippen molar-refractivity contribution in [2.75, 3.05) is 6.54 Å². The van der Waals surface area contributed by atoms with Gasteiger partial charge in [0.05, 0.1) is 5.69 Å². The van der Waals surface area contributed by atoms with Gasteiger partial charge in [0.1, 0.15) is 0 Å². The molecular formula is C17H22N4. The molecule has 0 aliphatic rings. The van der Waals surface area contributed by atoms with E-state index in [1.54, 1.807) is 0 Å². The van der Waals surface area contributed by atoms with Crippen molar-refractivity contribution in [3.05, 3.63) is 54.0 Å². The molecule has 0 aliphatic heterocycles. The van der Waals surface area contributed by atoms with Crippen LogP contribution in [0.1, 0.15) is 24.6 Å². The van der Waals surface area contributed by atoms with Crippen molar-refractivity contribution >= 4 is 10.9 Å². The topological polar surface area (TPSA) is 45.6 Å². The number of rotatable bonds is 7. The van der Waals surface area contributed by atoms with E-state index < -0.39 is 0 Å². The Morgan fingerprint density at radius 2 is 2.14 bits per heavy atom. The lowest BCUT2D eigenvalue weighted by atomic mass is 10.1. The van der Waals surface area contributed by atoms with Gasteiger partial charge < -0.3 is 10.3 Å². The number of aryl methyl sites for hydroxylation is 1. The van der Waals surface area contributed by atoms with E-state index in [0.717, 1.165) is 32.5 Å². The third-order valence-corrected chi connectivity index (χ3v) is 3.79. The van der Waals surface area contributed by atoms with Gasteiger partial charge in [0.15, 0.2) is 0 Å². The van der Waals surface area contributed by atoms with Gasteiger partial charge in [-0.15, -0.1) is 0 Å². The lowest BCUT2D eigenvalue weighted by Gasteiger charge is -2.07. The maximum atomic E-state index is 4.35. The lowest BCUT2D eigenvalue weighted by molar-refractivity contribution is 0.550. The van der Waals surface area contributed by atoms with E-state index in [4.69, 9.17) is 0 Å². The highest BCUT2D eigenvalue weighted by Gasteiger charge is 2.03. The Kier molecular flexibility index (Phi) is 4.36. The fourth-order valence-corrected chi connectivity index (χ4v) is 2.70. The lowest BCUT2D eigenvalue weighted by Crippen LogP contribution is -2.19. The van der Waals surface area contributed by atoms with Crippen LogP contribution in [0.5, 0.6) is 0 Å². The SMILES string of the molecule is CCCn1nccc1CNCCc1c[nH]c2ccccc12. The minimum absolute atomic E-state index is 0.877. The van der Waals surface area contributed by atoms with Crippen LogP contribution < -0.4 is 5.32 Å². The van der Waals surface area contributed by atoms with Gasteiger partial charge in [0, 0.05) is 36.4 Å². The van der Waals surface area contributed by atoms with Gasteiger partial charge in [-0.05, 0) is 37.1 Å². The molecule has 2 aromatic heterocycles. The van der Waals surface area contributed by atoms with Gasteiger partial charge in [0.25, 0.3) is 0 Å². The van der Waals surface area contributed by atoms with E-state index in [1.165, 1.54) is 22.2 Å². The summed E-state index contributed by atoms with van der Waals surface area (Å²) >= 11 is 0. The molecule has 0 atom stereocenters. The molecule has 0 fully saturated rings. The summed E-state index contributed by atoms with van der Waals surface area (Å²) in [6.07, 6.45) is 6.15. The number of benzene rings is 1. The Morgan fingerprint density at radius 3 is 3.05 bits per heavy atom. The van der Waals surface area contributed by atoms with Crippen LogP contribution in [0.15, 0.2) is 42.7 Å². The van der Waals surface area contributed by atoms with Crippen LogP contribution in [0.4, 0.5) is 0 Å². The number of hydrogen-bond acceptors (Lipinski definition) is 2. The molecule has 4 nitrogen and oxygen atoms in total. The minimum atomic E-state index is 0.877. The minimum Gasteiger partial charge on any atom is -0.361 e. The number of nitrogens with one attached hydrogen (secondary N) is 2. The molecule has 4 heteroatoms.